The Balaban J connectivity index is 3.02. The van der Waals surface area contributed by atoms with E-state index in [1.807, 2.05) is 25.1 Å². The molecule has 3 nitrogen and oxygen atoms in total. The Bertz CT molecular complexity index is 304. The van der Waals surface area contributed by atoms with E-state index < -0.39 is 5.92 Å². The third-order valence-electron chi connectivity index (χ3n) is 1.72. The maximum atomic E-state index is 8.84. The van der Waals surface area contributed by atoms with Gasteiger partial charge in [0.15, 0.2) is 0 Å². The van der Waals surface area contributed by atoms with Crippen molar-refractivity contribution in [2.45, 2.75) is 12.8 Å². The lowest BCUT2D eigenvalue weighted by Gasteiger charge is -2.06. The van der Waals surface area contributed by atoms with Crippen LogP contribution in [-0.2, 0) is 0 Å². The first kappa shape index (κ1) is 8.69. The van der Waals surface area contributed by atoms with Crippen molar-refractivity contribution in [3.8, 4) is 6.07 Å². The van der Waals surface area contributed by atoms with Crippen LogP contribution >= 0.6 is 0 Å². The van der Waals surface area contributed by atoms with Gasteiger partial charge in [0, 0.05) is 6.20 Å². The number of nitrogens with zero attached hydrogens (tertiary/aromatic N) is 2. The second kappa shape index (κ2) is 3.84. The molecule has 0 aliphatic carbocycles. The summed E-state index contributed by atoms with van der Waals surface area (Å²) in [6.07, 6.45) is 1.63. The van der Waals surface area contributed by atoms with Crippen LogP contribution in [-0.4, -0.2) is 16.7 Å². The molecule has 0 amide bonds. The molecule has 0 aromatic carbocycles. The average molecular weight is 162 g/mol. The molecule has 1 unspecified atom stereocenters. The molecule has 12 heavy (non-hydrogen) atoms. The largest absolute Gasteiger partial charge is 0.395 e. The lowest BCUT2D eigenvalue weighted by molar-refractivity contribution is 0.284. The number of aryl methyl sites for hydroxylation is 1. The highest BCUT2D eigenvalue weighted by Gasteiger charge is 2.11. The van der Waals surface area contributed by atoms with Crippen LogP contribution in [0, 0.1) is 18.3 Å². The Kier molecular flexibility index (Phi) is 2.78. The summed E-state index contributed by atoms with van der Waals surface area (Å²) in [6, 6.07) is 5.68. The van der Waals surface area contributed by atoms with Crippen molar-refractivity contribution in [1.82, 2.24) is 4.98 Å². The summed E-state index contributed by atoms with van der Waals surface area (Å²) in [5.41, 5.74) is 1.61. The van der Waals surface area contributed by atoms with Crippen LogP contribution < -0.4 is 0 Å². The lowest BCUT2D eigenvalue weighted by atomic mass is 10.0. The van der Waals surface area contributed by atoms with Crippen LogP contribution in [0.5, 0.6) is 0 Å². The molecule has 0 bridgehead atoms. The lowest BCUT2D eigenvalue weighted by Crippen LogP contribution is -2.05. The van der Waals surface area contributed by atoms with Gasteiger partial charge in [-0.15, -0.1) is 0 Å². The Hall–Kier alpha value is -1.40. The summed E-state index contributed by atoms with van der Waals surface area (Å²) in [6.45, 7) is 1.71. The van der Waals surface area contributed by atoms with Gasteiger partial charge in [0.2, 0.25) is 0 Å². The van der Waals surface area contributed by atoms with Crippen LogP contribution in [0.1, 0.15) is 17.2 Å². The van der Waals surface area contributed by atoms with Crippen LogP contribution in [0.15, 0.2) is 18.3 Å². The standard InChI is InChI=1S/C9H10N2O/c1-7-3-2-4-11-9(7)8(5-10)6-12/h2-4,8,12H,6H2,1H3. The minimum absolute atomic E-state index is 0.172. The third kappa shape index (κ3) is 1.60. The zero-order valence-corrected chi connectivity index (χ0v) is 6.86. The van der Waals surface area contributed by atoms with Gasteiger partial charge in [0.05, 0.1) is 18.4 Å². The second-order valence-corrected chi connectivity index (χ2v) is 2.57. The third-order valence-corrected chi connectivity index (χ3v) is 1.72. The van der Waals surface area contributed by atoms with Crippen molar-refractivity contribution in [3.63, 3.8) is 0 Å². The van der Waals surface area contributed by atoms with Gasteiger partial charge in [0.1, 0.15) is 5.92 Å². The number of aliphatic hydroxyl groups is 1. The fourth-order valence-corrected chi connectivity index (χ4v) is 1.05. The molecule has 1 aromatic rings. The first-order valence-corrected chi connectivity index (χ1v) is 3.71. The van der Waals surface area contributed by atoms with E-state index in [0.29, 0.717) is 5.69 Å². The van der Waals surface area contributed by atoms with Gasteiger partial charge < -0.3 is 5.11 Å². The Morgan fingerprint density at radius 3 is 3.00 bits per heavy atom. The van der Waals surface area contributed by atoms with E-state index in [1.165, 1.54) is 0 Å². The van der Waals surface area contributed by atoms with E-state index in [0.717, 1.165) is 5.56 Å². The van der Waals surface area contributed by atoms with E-state index in [4.69, 9.17) is 10.4 Å². The molecule has 0 radical (unpaired) electrons. The highest BCUT2D eigenvalue weighted by atomic mass is 16.3. The predicted octanol–water partition coefficient (Wildman–Crippen LogP) is 0.990. The zero-order valence-electron chi connectivity index (χ0n) is 6.86. The minimum atomic E-state index is -0.494. The van der Waals surface area contributed by atoms with E-state index >= 15 is 0 Å². The Labute approximate surface area is 71.3 Å². The number of aromatic nitrogens is 1. The van der Waals surface area contributed by atoms with Gasteiger partial charge in [-0.2, -0.15) is 5.26 Å². The quantitative estimate of drug-likeness (QED) is 0.705. The molecule has 0 saturated heterocycles. The summed E-state index contributed by atoms with van der Waals surface area (Å²) >= 11 is 0. The first-order valence-electron chi connectivity index (χ1n) is 3.71. The summed E-state index contributed by atoms with van der Waals surface area (Å²) in [7, 11) is 0. The molecule has 1 N–H and O–H groups in total. The van der Waals surface area contributed by atoms with Crippen molar-refractivity contribution < 1.29 is 5.11 Å². The Morgan fingerprint density at radius 2 is 2.50 bits per heavy atom. The van der Waals surface area contributed by atoms with Crippen LogP contribution in [0.25, 0.3) is 0 Å². The SMILES string of the molecule is Cc1cccnc1C(C#N)CO. The number of pyridine rings is 1. The number of hydrogen-bond acceptors (Lipinski definition) is 3. The summed E-state index contributed by atoms with van der Waals surface area (Å²) in [5, 5.41) is 17.5. The van der Waals surface area contributed by atoms with E-state index in [9.17, 15) is 0 Å². The molecule has 1 rings (SSSR count). The van der Waals surface area contributed by atoms with Crippen molar-refractivity contribution in [2.75, 3.05) is 6.61 Å². The highest BCUT2D eigenvalue weighted by molar-refractivity contribution is 5.25. The topological polar surface area (TPSA) is 56.9 Å². The molecular formula is C9H10N2O. The van der Waals surface area contributed by atoms with Crippen molar-refractivity contribution in [2.24, 2.45) is 0 Å². The molecule has 1 heterocycles. The molecular weight excluding hydrogens is 152 g/mol. The number of aliphatic hydroxyl groups excluding tert-OH is 1. The molecule has 1 atom stereocenters. The minimum Gasteiger partial charge on any atom is -0.395 e. The smallest absolute Gasteiger partial charge is 0.112 e. The van der Waals surface area contributed by atoms with Crippen molar-refractivity contribution >= 4 is 0 Å². The highest BCUT2D eigenvalue weighted by Crippen LogP contribution is 2.14. The second-order valence-electron chi connectivity index (χ2n) is 2.57. The molecule has 0 fully saturated rings. The van der Waals surface area contributed by atoms with E-state index in [1.54, 1.807) is 6.20 Å². The van der Waals surface area contributed by atoms with E-state index in [2.05, 4.69) is 4.98 Å². The molecule has 62 valence electrons. The first-order chi connectivity index (χ1) is 5.79. The molecule has 0 saturated carbocycles. The maximum absolute atomic E-state index is 8.84. The maximum Gasteiger partial charge on any atom is 0.112 e. The van der Waals surface area contributed by atoms with Gasteiger partial charge >= 0.3 is 0 Å². The monoisotopic (exact) mass is 162 g/mol. The van der Waals surface area contributed by atoms with Crippen molar-refractivity contribution in [3.05, 3.63) is 29.6 Å². The number of rotatable bonds is 2. The molecule has 3 heteroatoms. The predicted molar refractivity (Wildman–Crippen MR) is 44.4 cm³/mol. The zero-order chi connectivity index (χ0) is 8.97. The Morgan fingerprint density at radius 1 is 1.75 bits per heavy atom. The normalized spacial score (nSPS) is 12.1. The van der Waals surface area contributed by atoms with Gasteiger partial charge in [-0.1, -0.05) is 6.07 Å². The van der Waals surface area contributed by atoms with E-state index in [-0.39, 0.29) is 6.61 Å². The van der Waals surface area contributed by atoms with Crippen LogP contribution in [0.2, 0.25) is 0 Å². The van der Waals surface area contributed by atoms with Crippen LogP contribution in [0.4, 0.5) is 0 Å². The fourth-order valence-electron chi connectivity index (χ4n) is 1.05. The molecule has 1 aromatic heterocycles. The van der Waals surface area contributed by atoms with Gasteiger partial charge in [-0.25, -0.2) is 0 Å². The fraction of sp³-hybridized carbons (Fsp3) is 0.333. The van der Waals surface area contributed by atoms with Gasteiger partial charge in [-0.3, -0.25) is 4.98 Å². The summed E-state index contributed by atoms with van der Waals surface area (Å²) in [5.74, 6) is -0.494. The van der Waals surface area contributed by atoms with Gasteiger partial charge in [0.25, 0.3) is 0 Å². The number of nitriles is 1. The summed E-state index contributed by atoms with van der Waals surface area (Å²) in [4.78, 5) is 4.04. The molecule has 0 aliphatic rings. The average Bonchev–Trinajstić information content (AvgIpc) is 2.10. The molecule has 0 spiro atoms. The summed E-state index contributed by atoms with van der Waals surface area (Å²) < 4.78 is 0. The van der Waals surface area contributed by atoms with Gasteiger partial charge in [-0.05, 0) is 18.6 Å². The molecule has 0 aliphatic heterocycles. The van der Waals surface area contributed by atoms with Crippen LogP contribution in [0.3, 0.4) is 0 Å². The number of hydrogen-bond donors (Lipinski definition) is 1. The van der Waals surface area contributed by atoms with Crippen molar-refractivity contribution in [1.29, 1.82) is 5.26 Å².